The molecule has 3 heterocycles. The Morgan fingerprint density at radius 3 is 2.62 bits per heavy atom. The molecule has 3 aromatic rings. The van der Waals surface area contributed by atoms with Crippen LogP contribution in [0.5, 0.6) is 0 Å². The molecule has 0 bridgehead atoms. The molecule has 0 radical (unpaired) electrons. The first kappa shape index (κ1) is 16.9. The van der Waals surface area contributed by atoms with Gasteiger partial charge in [-0.15, -0.1) is 11.3 Å². The fourth-order valence-electron chi connectivity index (χ4n) is 2.99. The van der Waals surface area contributed by atoms with Crippen LogP contribution in [0, 0.1) is 5.82 Å². The number of thiazole rings is 1. The molecule has 0 atom stereocenters. The lowest BCUT2D eigenvalue weighted by Gasteiger charge is -2.33. The highest BCUT2D eigenvalue weighted by Crippen LogP contribution is 2.23. The van der Waals surface area contributed by atoms with Crippen molar-refractivity contribution in [3.63, 3.8) is 0 Å². The van der Waals surface area contributed by atoms with E-state index in [-0.39, 0.29) is 11.7 Å². The van der Waals surface area contributed by atoms with Crippen LogP contribution in [0.2, 0.25) is 0 Å². The second-order valence-electron chi connectivity index (χ2n) is 6.18. The van der Waals surface area contributed by atoms with Gasteiger partial charge in [0, 0.05) is 37.1 Å². The molecule has 1 aliphatic heterocycles. The maximum absolute atomic E-state index is 13.0. The van der Waals surface area contributed by atoms with Gasteiger partial charge in [-0.3, -0.25) is 9.69 Å². The highest BCUT2D eigenvalue weighted by atomic mass is 32.1. The lowest BCUT2D eigenvalue weighted by atomic mass is 10.2. The van der Waals surface area contributed by atoms with Crippen molar-refractivity contribution in [1.29, 1.82) is 0 Å². The van der Waals surface area contributed by atoms with E-state index in [2.05, 4.69) is 9.88 Å². The van der Waals surface area contributed by atoms with Crippen molar-refractivity contribution in [1.82, 2.24) is 14.8 Å². The Kier molecular flexibility index (Phi) is 4.81. The monoisotopic (exact) mass is 371 g/mol. The molecule has 1 aliphatic rings. The number of hydrogen-bond donors (Lipinski definition) is 0. The van der Waals surface area contributed by atoms with Crippen LogP contribution in [0.1, 0.15) is 15.6 Å². The predicted molar refractivity (Wildman–Crippen MR) is 97.4 cm³/mol. The Bertz CT molecular complexity index is 869. The number of carbonyl (C=O) groups is 1. The summed E-state index contributed by atoms with van der Waals surface area (Å²) in [5.41, 5.74) is 1.79. The van der Waals surface area contributed by atoms with Crippen LogP contribution >= 0.6 is 11.3 Å². The summed E-state index contributed by atoms with van der Waals surface area (Å²) >= 11 is 1.61. The molecule has 1 aromatic carbocycles. The van der Waals surface area contributed by atoms with Gasteiger partial charge in [0.15, 0.2) is 5.76 Å². The molecule has 26 heavy (non-hydrogen) atoms. The van der Waals surface area contributed by atoms with E-state index in [4.69, 9.17) is 4.42 Å². The highest BCUT2D eigenvalue weighted by molar-refractivity contribution is 7.09. The Hall–Kier alpha value is -2.51. The van der Waals surface area contributed by atoms with Crippen molar-refractivity contribution in [3.05, 3.63) is 64.6 Å². The fraction of sp³-hybridized carbons (Fsp3) is 0.263. The Balaban J connectivity index is 1.33. The number of hydrogen-bond acceptors (Lipinski definition) is 5. The number of halogens is 1. The maximum atomic E-state index is 13.0. The third kappa shape index (κ3) is 3.68. The molecule has 2 aromatic heterocycles. The van der Waals surface area contributed by atoms with Crippen LogP contribution in [0.25, 0.3) is 11.3 Å². The maximum Gasteiger partial charge on any atom is 0.289 e. The van der Waals surface area contributed by atoms with Gasteiger partial charge in [0.2, 0.25) is 0 Å². The van der Waals surface area contributed by atoms with Crippen molar-refractivity contribution >= 4 is 17.2 Å². The largest absolute Gasteiger partial charge is 0.459 e. The standard InChI is InChI=1S/C19H18FN3O2S/c20-15-5-3-14(4-6-15)16-13-26-18(21-16)12-22-7-9-23(10-8-22)19(24)17-2-1-11-25-17/h1-6,11,13H,7-10,12H2. The molecule has 0 N–H and O–H groups in total. The number of nitrogens with zero attached hydrogens (tertiary/aromatic N) is 3. The zero-order chi connectivity index (χ0) is 17.9. The second-order valence-corrected chi connectivity index (χ2v) is 7.12. The van der Waals surface area contributed by atoms with Gasteiger partial charge in [0.25, 0.3) is 5.91 Å². The minimum Gasteiger partial charge on any atom is -0.459 e. The molecular formula is C19H18FN3O2S. The van der Waals surface area contributed by atoms with E-state index in [9.17, 15) is 9.18 Å². The SMILES string of the molecule is O=C(c1ccco1)N1CCN(Cc2nc(-c3ccc(F)cc3)cs2)CC1. The lowest BCUT2D eigenvalue weighted by Crippen LogP contribution is -2.48. The van der Waals surface area contributed by atoms with E-state index in [1.165, 1.54) is 18.4 Å². The van der Waals surface area contributed by atoms with Gasteiger partial charge in [0.1, 0.15) is 10.8 Å². The minimum absolute atomic E-state index is 0.0532. The second kappa shape index (κ2) is 7.39. The molecule has 4 rings (SSSR count). The van der Waals surface area contributed by atoms with Gasteiger partial charge >= 0.3 is 0 Å². The van der Waals surface area contributed by atoms with Crippen LogP contribution in [0.3, 0.4) is 0 Å². The lowest BCUT2D eigenvalue weighted by molar-refractivity contribution is 0.0598. The summed E-state index contributed by atoms with van der Waals surface area (Å²) in [6.07, 6.45) is 1.52. The van der Waals surface area contributed by atoms with E-state index >= 15 is 0 Å². The molecule has 0 unspecified atom stereocenters. The van der Waals surface area contributed by atoms with E-state index in [1.807, 2.05) is 10.3 Å². The molecule has 0 aliphatic carbocycles. The zero-order valence-electron chi connectivity index (χ0n) is 14.1. The molecule has 1 saturated heterocycles. The molecule has 1 fully saturated rings. The summed E-state index contributed by atoms with van der Waals surface area (Å²) in [5.74, 6) is 0.0935. The topological polar surface area (TPSA) is 49.6 Å². The molecule has 5 nitrogen and oxygen atoms in total. The van der Waals surface area contributed by atoms with E-state index in [0.717, 1.165) is 35.9 Å². The van der Waals surface area contributed by atoms with Gasteiger partial charge in [-0.25, -0.2) is 9.37 Å². The number of furan rings is 1. The fourth-order valence-corrected chi connectivity index (χ4v) is 3.84. The molecular weight excluding hydrogens is 353 g/mol. The number of piperazine rings is 1. The predicted octanol–water partition coefficient (Wildman–Crippen LogP) is 3.50. The van der Waals surface area contributed by atoms with Crippen LogP contribution in [0.4, 0.5) is 4.39 Å². The van der Waals surface area contributed by atoms with Crippen molar-refractivity contribution in [2.24, 2.45) is 0 Å². The van der Waals surface area contributed by atoms with Crippen LogP contribution in [-0.2, 0) is 6.54 Å². The summed E-state index contributed by atoms with van der Waals surface area (Å²) in [5, 5.41) is 3.02. The summed E-state index contributed by atoms with van der Waals surface area (Å²) < 4.78 is 18.2. The number of rotatable bonds is 4. The van der Waals surface area contributed by atoms with Gasteiger partial charge in [-0.2, -0.15) is 0 Å². The Morgan fingerprint density at radius 1 is 1.15 bits per heavy atom. The van der Waals surface area contributed by atoms with Crippen molar-refractivity contribution in [2.45, 2.75) is 6.54 Å². The zero-order valence-corrected chi connectivity index (χ0v) is 14.9. The Morgan fingerprint density at radius 2 is 1.92 bits per heavy atom. The average Bonchev–Trinajstić information content (AvgIpc) is 3.35. The van der Waals surface area contributed by atoms with Crippen LogP contribution in [-0.4, -0.2) is 46.9 Å². The quantitative estimate of drug-likeness (QED) is 0.704. The molecule has 0 spiro atoms. The normalized spacial score (nSPS) is 15.3. The number of benzene rings is 1. The summed E-state index contributed by atoms with van der Waals surface area (Å²) in [4.78, 5) is 21.1. The van der Waals surface area contributed by atoms with E-state index < -0.39 is 0 Å². The molecule has 134 valence electrons. The van der Waals surface area contributed by atoms with Crippen LogP contribution < -0.4 is 0 Å². The summed E-state index contributed by atoms with van der Waals surface area (Å²) in [6, 6.07) is 9.81. The average molecular weight is 371 g/mol. The van der Waals surface area contributed by atoms with Crippen LogP contribution in [0.15, 0.2) is 52.5 Å². The first-order valence-corrected chi connectivity index (χ1v) is 9.32. The molecule has 0 saturated carbocycles. The molecule has 1 amide bonds. The minimum atomic E-state index is -0.244. The number of aromatic nitrogens is 1. The molecule has 7 heteroatoms. The highest BCUT2D eigenvalue weighted by Gasteiger charge is 2.24. The first-order valence-electron chi connectivity index (χ1n) is 8.44. The number of carbonyl (C=O) groups excluding carboxylic acids is 1. The van der Waals surface area contributed by atoms with Crippen molar-refractivity contribution in [2.75, 3.05) is 26.2 Å². The first-order chi connectivity index (χ1) is 12.7. The van der Waals surface area contributed by atoms with Gasteiger partial charge in [0.05, 0.1) is 18.5 Å². The van der Waals surface area contributed by atoms with Gasteiger partial charge < -0.3 is 9.32 Å². The third-order valence-electron chi connectivity index (χ3n) is 4.44. The summed E-state index contributed by atoms with van der Waals surface area (Å²) in [6.45, 7) is 3.72. The summed E-state index contributed by atoms with van der Waals surface area (Å²) in [7, 11) is 0. The Labute approximate surface area is 154 Å². The number of amides is 1. The third-order valence-corrected chi connectivity index (χ3v) is 5.28. The van der Waals surface area contributed by atoms with E-state index in [1.54, 1.807) is 35.6 Å². The van der Waals surface area contributed by atoms with Crippen molar-refractivity contribution in [3.8, 4) is 11.3 Å². The van der Waals surface area contributed by atoms with Gasteiger partial charge in [-0.05, 0) is 36.4 Å². The van der Waals surface area contributed by atoms with Crippen molar-refractivity contribution < 1.29 is 13.6 Å². The smallest absolute Gasteiger partial charge is 0.289 e. The van der Waals surface area contributed by atoms with E-state index in [0.29, 0.717) is 18.8 Å². The van der Waals surface area contributed by atoms with Gasteiger partial charge in [-0.1, -0.05) is 0 Å².